The van der Waals surface area contributed by atoms with Crippen LogP contribution in [0.15, 0.2) is 18.2 Å². The van der Waals surface area contributed by atoms with Gasteiger partial charge < -0.3 is 5.32 Å². The summed E-state index contributed by atoms with van der Waals surface area (Å²) in [6.45, 7) is 1.99. The molecule has 1 heterocycles. The molecule has 0 radical (unpaired) electrons. The lowest BCUT2D eigenvalue weighted by molar-refractivity contribution is 0.412. The van der Waals surface area contributed by atoms with Crippen molar-refractivity contribution in [1.82, 2.24) is 5.32 Å². The molecule has 0 aliphatic carbocycles. The molecule has 18 heavy (non-hydrogen) atoms. The average molecular weight is 271 g/mol. The molecular formula is C14H19F2NS. The summed E-state index contributed by atoms with van der Waals surface area (Å²) in [4.78, 5) is 0. The van der Waals surface area contributed by atoms with Crippen LogP contribution in [0.25, 0.3) is 0 Å². The van der Waals surface area contributed by atoms with Crippen LogP contribution in [-0.4, -0.2) is 23.6 Å². The molecule has 1 atom stereocenters. The molecule has 1 unspecified atom stereocenters. The van der Waals surface area contributed by atoms with Gasteiger partial charge in [0.05, 0.1) is 0 Å². The number of hydrogen-bond donors (Lipinski definition) is 1. The average Bonchev–Trinajstić information content (AvgIpc) is 2.35. The Hall–Kier alpha value is -0.610. The second-order valence-corrected chi connectivity index (χ2v) is 6.08. The van der Waals surface area contributed by atoms with E-state index in [4.69, 9.17) is 0 Å². The Morgan fingerprint density at radius 1 is 1.28 bits per heavy atom. The van der Waals surface area contributed by atoms with Crippen molar-refractivity contribution in [3.8, 4) is 0 Å². The standard InChI is InChI=1S/C14H19F2NS/c1-10(17-11-5-7-18-8-6-11)9-12-13(15)3-2-4-14(12)16/h2-4,10-11,17H,5-9H2,1H3. The fourth-order valence-electron chi connectivity index (χ4n) is 2.36. The van der Waals surface area contributed by atoms with Crippen LogP contribution < -0.4 is 5.32 Å². The van der Waals surface area contributed by atoms with Crippen molar-refractivity contribution >= 4 is 11.8 Å². The van der Waals surface area contributed by atoms with Crippen molar-refractivity contribution in [2.24, 2.45) is 0 Å². The molecule has 100 valence electrons. The van der Waals surface area contributed by atoms with E-state index >= 15 is 0 Å². The lowest BCUT2D eigenvalue weighted by Gasteiger charge is -2.26. The van der Waals surface area contributed by atoms with E-state index in [2.05, 4.69) is 5.32 Å². The molecule has 1 saturated heterocycles. The highest BCUT2D eigenvalue weighted by Crippen LogP contribution is 2.19. The maximum atomic E-state index is 13.5. The van der Waals surface area contributed by atoms with E-state index in [1.54, 1.807) is 0 Å². The summed E-state index contributed by atoms with van der Waals surface area (Å²) in [5, 5.41) is 3.48. The Bertz CT molecular complexity index is 371. The molecule has 0 bridgehead atoms. The van der Waals surface area contributed by atoms with E-state index in [9.17, 15) is 8.78 Å². The molecule has 1 nitrogen and oxygen atoms in total. The molecule has 0 spiro atoms. The van der Waals surface area contributed by atoms with Gasteiger partial charge in [-0.3, -0.25) is 0 Å². The van der Waals surface area contributed by atoms with Crippen LogP contribution in [0.2, 0.25) is 0 Å². The van der Waals surface area contributed by atoms with Gasteiger partial charge in [-0.15, -0.1) is 0 Å². The highest BCUT2D eigenvalue weighted by molar-refractivity contribution is 7.99. The predicted molar refractivity (Wildman–Crippen MR) is 73.0 cm³/mol. The Kier molecular flexibility index (Phi) is 5.01. The van der Waals surface area contributed by atoms with E-state index < -0.39 is 11.6 Å². The third-order valence-corrected chi connectivity index (χ3v) is 4.36. The van der Waals surface area contributed by atoms with E-state index in [0.717, 1.165) is 12.8 Å². The Balaban J connectivity index is 1.92. The van der Waals surface area contributed by atoms with E-state index in [-0.39, 0.29) is 11.6 Å². The van der Waals surface area contributed by atoms with Crippen LogP contribution >= 0.6 is 11.8 Å². The predicted octanol–water partition coefficient (Wildman–Crippen LogP) is 3.38. The number of halogens is 2. The number of nitrogens with one attached hydrogen (secondary N) is 1. The molecule has 1 aromatic carbocycles. The van der Waals surface area contributed by atoms with Gasteiger partial charge in [0.25, 0.3) is 0 Å². The maximum absolute atomic E-state index is 13.5. The van der Waals surface area contributed by atoms with Gasteiger partial charge in [0.15, 0.2) is 0 Å². The Morgan fingerprint density at radius 3 is 2.50 bits per heavy atom. The third-order valence-electron chi connectivity index (χ3n) is 3.31. The number of rotatable bonds is 4. The van der Waals surface area contributed by atoms with E-state index in [0.29, 0.717) is 12.5 Å². The minimum Gasteiger partial charge on any atom is -0.311 e. The molecular weight excluding hydrogens is 252 g/mol. The zero-order valence-corrected chi connectivity index (χ0v) is 11.4. The van der Waals surface area contributed by atoms with Gasteiger partial charge in [0.1, 0.15) is 11.6 Å². The normalized spacial score (nSPS) is 18.8. The van der Waals surface area contributed by atoms with Crippen LogP contribution in [0.5, 0.6) is 0 Å². The summed E-state index contributed by atoms with van der Waals surface area (Å²) in [5.74, 6) is 1.47. The van der Waals surface area contributed by atoms with Crippen molar-refractivity contribution in [3.63, 3.8) is 0 Å². The lowest BCUT2D eigenvalue weighted by atomic mass is 10.0. The highest BCUT2D eigenvalue weighted by Gasteiger charge is 2.18. The molecule has 1 N–H and O–H groups in total. The minimum atomic E-state index is -0.442. The molecule has 1 aromatic rings. The quantitative estimate of drug-likeness (QED) is 0.901. The van der Waals surface area contributed by atoms with E-state index in [1.807, 2.05) is 18.7 Å². The monoisotopic (exact) mass is 271 g/mol. The van der Waals surface area contributed by atoms with Crippen molar-refractivity contribution in [2.45, 2.75) is 38.3 Å². The minimum absolute atomic E-state index is 0.101. The van der Waals surface area contributed by atoms with Gasteiger partial charge >= 0.3 is 0 Å². The van der Waals surface area contributed by atoms with Crippen molar-refractivity contribution in [3.05, 3.63) is 35.4 Å². The first-order chi connectivity index (χ1) is 8.66. The summed E-state index contributed by atoms with van der Waals surface area (Å²) in [5.41, 5.74) is 0.197. The summed E-state index contributed by atoms with van der Waals surface area (Å²) >= 11 is 1.97. The van der Waals surface area contributed by atoms with Gasteiger partial charge in [-0.05, 0) is 49.8 Å². The molecule has 0 amide bonds. The van der Waals surface area contributed by atoms with Crippen LogP contribution in [0.1, 0.15) is 25.3 Å². The third kappa shape index (κ3) is 3.69. The summed E-state index contributed by atoms with van der Waals surface area (Å²) in [7, 11) is 0. The second kappa shape index (κ2) is 6.53. The van der Waals surface area contributed by atoms with Gasteiger partial charge in [0.2, 0.25) is 0 Å². The maximum Gasteiger partial charge on any atom is 0.129 e. The van der Waals surface area contributed by atoms with Crippen molar-refractivity contribution in [1.29, 1.82) is 0 Å². The molecule has 0 saturated carbocycles. The van der Waals surface area contributed by atoms with Crippen LogP contribution in [0.3, 0.4) is 0 Å². The van der Waals surface area contributed by atoms with Crippen LogP contribution in [0.4, 0.5) is 8.78 Å². The molecule has 1 fully saturated rings. The first-order valence-electron chi connectivity index (χ1n) is 6.43. The number of benzene rings is 1. The fraction of sp³-hybridized carbons (Fsp3) is 0.571. The highest BCUT2D eigenvalue weighted by atomic mass is 32.2. The van der Waals surface area contributed by atoms with Crippen LogP contribution in [0, 0.1) is 11.6 Å². The van der Waals surface area contributed by atoms with E-state index in [1.165, 1.54) is 29.7 Å². The Morgan fingerprint density at radius 2 is 1.89 bits per heavy atom. The second-order valence-electron chi connectivity index (χ2n) is 4.86. The van der Waals surface area contributed by atoms with Crippen molar-refractivity contribution < 1.29 is 8.78 Å². The summed E-state index contributed by atoms with van der Waals surface area (Å²) in [6.07, 6.45) is 2.70. The van der Waals surface area contributed by atoms with Gasteiger partial charge in [-0.25, -0.2) is 8.78 Å². The largest absolute Gasteiger partial charge is 0.311 e. The van der Waals surface area contributed by atoms with Gasteiger partial charge in [-0.1, -0.05) is 6.07 Å². The smallest absolute Gasteiger partial charge is 0.129 e. The molecule has 4 heteroatoms. The SMILES string of the molecule is CC(Cc1c(F)cccc1F)NC1CCSCC1. The number of hydrogen-bond acceptors (Lipinski definition) is 2. The van der Waals surface area contributed by atoms with Crippen molar-refractivity contribution in [2.75, 3.05) is 11.5 Å². The summed E-state index contributed by atoms with van der Waals surface area (Å²) < 4.78 is 27.0. The molecule has 1 aliphatic rings. The summed E-state index contributed by atoms with van der Waals surface area (Å²) in [6, 6.07) is 4.65. The van der Waals surface area contributed by atoms with Crippen LogP contribution in [-0.2, 0) is 6.42 Å². The molecule has 2 rings (SSSR count). The topological polar surface area (TPSA) is 12.0 Å². The number of thioether (sulfide) groups is 1. The zero-order chi connectivity index (χ0) is 13.0. The lowest BCUT2D eigenvalue weighted by Crippen LogP contribution is -2.40. The molecule has 1 aliphatic heterocycles. The first-order valence-corrected chi connectivity index (χ1v) is 7.59. The van der Waals surface area contributed by atoms with Gasteiger partial charge in [0, 0.05) is 17.6 Å². The Labute approximate surface area is 111 Å². The zero-order valence-electron chi connectivity index (χ0n) is 10.6. The first kappa shape index (κ1) is 13.8. The van der Waals surface area contributed by atoms with Gasteiger partial charge in [-0.2, -0.15) is 11.8 Å². The fourth-order valence-corrected chi connectivity index (χ4v) is 3.47. The molecule has 0 aromatic heterocycles.